The third-order valence-corrected chi connectivity index (χ3v) is 8.07. The molecule has 0 aliphatic carbocycles. The van der Waals surface area contributed by atoms with Gasteiger partial charge >= 0.3 is 0 Å². The van der Waals surface area contributed by atoms with Gasteiger partial charge in [0.15, 0.2) is 6.10 Å². The van der Waals surface area contributed by atoms with E-state index in [1.165, 1.54) is 4.31 Å². The third kappa shape index (κ3) is 5.24. The summed E-state index contributed by atoms with van der Waals surface area (Å²) in [5.41, 5.74) is 2.27. The third-order valence-electron chi connectivity index (χ3n) is 6.28. The van der Waals surface area contributed by atoms with E-state index in [0.717, 1.165) is 21.9 Å². The highest BCUT2D eigenvalue weighted by Crippen LogP contribution is 2.37. The summed E-state index contributed by atoms with van der Waals surface area (Å²) in [4.78, 5) is 13.2. The number of amides is 1. The standard InChI is InChI=1S/C29H28N2O5S/c1-20-7-12-25(13-8-20)37(33,34)31-19-28(36-27-17-21(2)9-14-26(27)31)29(32)30-15-16-35-24-11-10-22-5-3-4-6-23(22)18-24/h3-14,17-18,28H,15-16,19H2,1-2H3,(H,30,32). The van der Waals surface area contributed by atoms with Crippen molar-refractivity contribution in [1.82, 2.24) is 5.32 Å². The smallest absolute Gasteiger partial charge is 0.264 e. The Morgan fingerprint density at radius 1 is 0.946 bits per heavy atom. The van der Waals surface area contributed by atoms with Crippen LogP contribution in [0, 0.1) is 13.8 Å². The van der Waals surface area contributed by atoms with Crippen molar-refractivity contribution in [2.75, 3.05) is 24.0 Å². The van der Waals surface area contributed by atoms with Gasteiger partial charge in [-0.1, -0.05) is 54.1 Å². The maximum Gasteiger partial charge on any atom is 0.264 e. The second-order valence-electron chi connectivity index (χ2n) is 9.08. The zero-order valence-corrected chi connectivity index (χ0v) is 21.5. The van der Waals surface area contributed by atoms with Crippen molar-refractivity contribution in [3.63, 3.8) is 0 Å². The van der Waals surface area contributed by atoms with E-state index in [9.17, 15) is 13.2 Å². The maximum absolute atomic E-state index is 13.5. The van der Waals surface area contributed by atoms with Crippen molar-refractivity contribution in [2.45, 2.75) is 24.8 Å². The minimum absolute atomic E-state index is 0.135. The lowest BCUT2D eigenvalue weighted by Gasteiger charge is -2.35. The molecule has 1 aliphatic heterocycles. The number of anilines is 1. The Balaban J connectivity index is 1.28. The van der Waals surface area contributed by atoms with Gasteiger partial charge in [0.2, 0.25) is 0 Å². The SMILES string of the molecule is Cc1ccc(S(=O)(=O)N2CC(C(=O)NCCOc3ccc4ccccc4c3)Oc3cc(C)ccc32)cc1. The second-order valence-corrected chi connectivity index (χ2v) is 10.9. The Labute approximate surface area is 216 Å². The number of carbonyl (C=O) groups excluding carboxylic acids is 1. The summed E-state index contributed by atoms with van der Waals surface area (Å²) in [6, 6.07) is 25.8. The molecule has 0 bridgehead atoms. The largest absolute Gasteiger partial charge is 0.492 e. The number of rotatable bonds is 7. The second kappa shape index (κ2) is 10.1. The number of aryl methyl sites for hydroxylation is 2. The summed E-state index contributed by atoms with van der Waals surface area (Å²) in [6.07, 6.45) is -1.00. The molecule has 1 heterocycles. The van der Waals surface area contributed by atoms with Crippen LogP contribution in [0.15, 0.2) is 89.8 Å². The highest BCUT2D eigenvalue weighted by molar-refractivity contribution is 7.92. The quantitative estimate of drug-likeness (QED) is 0.363. The van der Waals surface area contributed by atoms with Gasteiger partial charge < -0.3 is 14.8 Å². The summed E-state index contributed by atoms with van der Waals surface area (Å²) in [5, 5.41) is 5.01. The number of benzene rings is 4. The molecule has 190 valence electrons. The van der Waals surface area contributed by atoms with Gasteiger partial charge in [-0.05, 0) is 66.6 Å². The molecule has 7 nitrogen and oxygen atoms in total. The molecule has 37 heavy (non-hydrogen) atoms. The van der Waals surface area contributed by atoms with Gasteiger partial charge in [-0.2, -0.15) is 0 Å². The van der Waals surface area contributed by atoms with Crippen molar-refractivity contribution < 1.29 is 22.7 Å². The Bertz CT molecular complexity index is 1550. The molecular weight excluding hydrogens is 488 g/mol. The molecule has 0 fully saturated rings. The van der Waals surface area contributed by atoms with Gasteiger partial charge in [-0.15, -0.1) is 0 Å². The van der Waals surface area contributed by atoms with Crippen molar-refractivity contribution in [3.8, 4) is 11.5 Å². The van der Waals surface area contributed by atoms with Crippen LogP contribution in [-0.4, -0.2) is 40.1 Å². The van der Waals surface area contributed by atoms with E-state index < -0.39 is 22.0 Å². The van der Waals surface area contributed by atoms with Gasteiger partial charge in [-0.3, -0.25) is 9.10 Å². The van der Waals surface area contributed by atoms with E-state index in [2.05, 4.69) is 5.32 Å². The molecule has 4 aromatic rings. The van der Waals surface area contributed by atoms with Gasteiger partial charge in [-0.25, -0.2) is 8.42 Å². The Kier molecular flexibility index (Phi) is 6.76. The highest BCUT2D eigenvalue weighted by Gasteiger charge is 2.37. The predicted octanol–water partition coefficient (Wildman–Crippen LogP) is 4.61. The molecule has 1 N–H and O–H groups in total. The first-order chi connectivity index (χ1) is 17.8. The van der Waals surface area contributed by atoms with Gasteiger partial charge in [0.25, 0.3) is 15.9 Å². The van der Waals surface area contributed by atoms with Crippen molar-refractivity contribution in [2.24, 2.45) is 0 Å². The zero-order valence-electron chi connectivity index (χ0n) is 20.7. The van der Waals surface area contributed by atoms with Crippen LogP contribution < -0.4 is 19.1 Å². The van der Waals surface area contributed by atoms with Crippen LogP contribution in [0.1, 0.15) is 11.1 Å². The monoisotopic (exact) mass is 516 g/mol. The number of hydrogen-bond donors (Lipinski definition) is 1. The first kappa shape index (κ1) is 24.6. The van der Waals surface area contributed by atoms with Crippen molar-refractivity contribution >= 4 is 32.4 Å². The zero-order chi connectivity index (χ0) is 26.0. The molecule has 4 aromatic carbocycles. The first-order valence-electron chi connectivity index (χ1n) is 12.1. The summed E-state index contributed by atoms with van der Waals surface area (Å²) < 4.78 is 40.1. The molecule has 0 saturated heterocycles. The van der Waals surface area contributed by atoms with Crippen LogP contribution in [0.5, 0.6) is 11.5 Å². The lowest BCUT2D eigenvalue weighted by molar-refractivity contribution is -0.127. The summed E-state index contributed by atoms with van der Waals surface area (Å²) in [6.45, 7) is 4.15. The normalized spacial score (nSPS) is 15.1. The van der Waals surface area contributed by atoms with Gasteiger partial charge in [0, 0.05) is 0 Å². The van der Waals surface area contributed by atoms with Gasteiger partial charge in [0.1, 0.15) is 18.1 Å². The summed E-state index contributed by atoms with van der Waals surface area (Å²) in [7, 11) is -3.90. The Hall–Kier alpha value is -4.04. The van der Waals surface area contributed by atoms with Crippen LogP contribution in [0.25, 0.3) is 10.8 Å². The average molecular weight is 517 g/mol. The summed E-state index contributed by atoms with van der Waals surface area (Å²) >= 11 is 0. The van der Waals surface area contributed by atoms with E-state index in [1.54, 1.807) is 36.4 Å². The molecule has 0 aromatic heterocycles. The minimum Gasteiger partial charge on any atom is -0.492 e. The Morgan fingerprint density at radius 3 is 2.46 bits per heavy atom. The number of sulfonamides is 1. The maximum atomic E-state index is 13.5. The fourth-order valence-electron chi connectivity index (χ4n) is 4.28. The van der Waals surface area contributed by atoms with Crippen LogP contribution in [-0.2, 0) is 14.8 Å². The molecule has 8 heteroatoms. The number of hydrogen-bond acceptors (Lipinski definition) is 5. The first-order valence-corrected chi connectivity index (χ1v) is 13.5. The Morgan fingerprint density at radius 2 is 1.68 bits per heavy atom. The van der Waals surface area contributed by atoms with E-state index in [4.69, 9.17) is 9.47 Å². The molecular formula is C29H28N2O5S. The van der Waals surface area contributed by atoms with E-state index >= 15 is 0 Å². The molecule has 1 unspecified atom stereocenters. The number of ether oxygens (including phenoxy) is 2. The summed E-state index contributed by atoms with van der Waals surface area (Å²) in [5.74, 6) is 0.662. The number of nitrogens with one attached hydrogen (secondary N) is 1. The van der Waals surface area contributed by atoms with Crippen LogP contribution in [0.3, 0.4) is 0 Å². The van der Waals surface area contributed by atoms with E-state index in [0.29, 0.717) is 17.2 Å². The molecule has 0 saturated carbocycles. The lowest BCUT2D eigenvalue weighted by Crippen LogP contribution is -2.51. The van der Waals surface area contributed by atoms with Crippen LogP contribution in [0.4, 0.5) is 5.69 Å². The molecule has 0 spiro atoms. The highest BCUT2D eigenvalue weighted by atomic mass is 32.2. The fraction of sp³-hybridized carbons (Fsp3) is 0.207. The molecule has 5 rings (SSSR count). The van der Waals surface area contributed by atoms with E-state index in [-0.39, 0.29) is 24.6 Å². The lowest BCUT2D eigenvalue weighted by atomic mass is 10.1. The van der Waals surface area contributed by atoms with Crippen LogP contribution >= 0.6 is 0 Å². The van der Waals surface area contributed by atoms with Crippen LogP contribution in [0.2, 0.25) is 0 Å². The number of carbonyl (C=O) groups is 1. The fourth-order valence-corrected chi connectivity index (χ4v) is 5.75. The number of fused-ring (bicyclic) bond motifs is 2. The molecule has 1 atom stereocenters. The molecule has 1 aliphatic rings. The minimum atomic E-state index is -3.90. The van der Waals surface area contributed by atoms with Crippen molar-refractivity contribution in [3.05, 3.63) is 96.1 Å². The topological polar surface area (TPSA) is 84.9 Å². The average Bonchev–Trinajstić information content (AvgIpc) is 2.90. The van der Waals surface area contributed by atoms with Crippen molar-refractivity contribution in [1.29, 1.82) is 0 Å². The number of nitrogens with zero attached hydrogens (tertiary/aromatic N) is 1. The predicted molar refractivity (Wildman–Crippen MR) is 144 cm³/mol. The molecule has 1 amide bonds. The van der Waals surface area contributed by atoms with E-state index in [1.807, 2.05) is 62.4 Å². The van der Waals surface area contributed by atoms with Gasteiger partial charge in [0.05, 0.1) is 23.7 Å². The molecule has 0 radical (unpaired) electrons.